The quantitative estimate of drug-likeness (QED) is 0.553. The molecular weight excluding hydrogens is 246 g/mol. The monoisotopic (exact) mass is 277 g/mol. The number of aliphatic hydroxyl groups excluding tert-OH is 1. The molecule has 1 aromatic rings. The summed E-state index contributed by atoms with van der Waals surface area (Å²) in [4.78, 5) is 0. The van der Waals surface area contributed by atoms with Gasteiger partial charge in [-0.15, -0.1) is 0 Å². The molecule has 0 bridgehead atoms. The summed E-state index contributed by atoms with van der Waals surface area (Å²) < 4.78 is 0. The highest BCUT2D eigenvalue weighted by Gasteiger charge is 2.07. The van der Waals surface area contributed by atoms with E-state index in [1.165, 1.54) is 56.9 Å². The SMILES string of the molecule is CCCCCCCCCCNC(CO)c1ccccc1. The average Bonchev–Trinajstić information content (AvgIpc) is 2.50. The summed E-state index contributed by atoms with van der Waals surface area (Å²) in [6, 6.07) is 10.3. The smallest absolute Gasteiger partial charge is 0.0626 e. The van der Waals surface area contributed by atoms with E-state index in [0.29, 0.717) is 0 Å². The Morgan fingerprint density at radius 2 is 1.50 bits per heavy atom. The first kappa shape index (κ1) is 17.2. The van der Waals surface area contributed by atoms with Gasteiger partial charge in [-0.1, -0.05) is 82.2 Å². The number of unbranched alkanes of at least 4 members (excludes halogenated alkanes) is 7. The lowest BCUT2D eigenvalue weighted by molar-refractivity contribution is 0.244. The molecule has 0 fully saturated rings. The molecule has 2 N–H and O–H groups in total. The van der Waals surface area contributed by atoms with Crippen LogP contribution in [0.5, 0.6) is 0 Å². The molecule has 0 saturated heterocycles. The topological polar surface area (TPSA) is 32.3 Å². The Bertz CT molecular complexity index is 312. The summed E-state index contributed by atoms with van der Waals surface area (Å²) in [7, 11) is 0. The fraction of sp³-hybridized carbons (Fsp3) is 0.667. The fourth-order valence-electron chi connectivity index (χ4n) is 2.51. The third kappa shape index (κ3) is 7.66. The minimum absolute atomic E-state index is 0.0840. The van der Waals surface area contributed by atoms with Crippen LogP contribution >= 0.6 is 0 Å². The van der Waals surface area contributed by atoms with Gasteiger partial charge < -0.3 is 10.4 Å². The van der Waals surface area contributed by atoms with Crippen LogP contribution < -0.4 is 5.32 Å². The zero-order valence-electron chi connectivity index (χ0n) is 13.0. The van der Waals surface area contributed by atoms with Crippen molar-refractivity contribution in [1.82, 2.24) is 5.32 Å². The fourth-order valence-corrected chi connectivity index (χ4v) is 2.51. The lowest BCUT2D eigenvalue weighted by Gasteiger charge is -2.16. The number of benzene rings is 1. The van der Waals surface area contributed by atoms with E-state index in [0.717, 1.165) is 6.54 Å². The van der Waals surface area contributed by atoms with Crippen LogP contribution in [0.2, 0.25) is 0 Å². The number of rotatable bonds is 12. The van der Waals surface area contributed by atoms with E-state index in [1.54, 1.807) is 0 Å². The first-order chi connectivity index (χ1) is 9.88. The Hall–Kier alpha value is -0.860. The van der Waals surface area contributed by atoms with Crippen LogP contribution in [0.4, 0.5) is 0 Å². The molecular formula is C18H31NO. The standard InChI is InChI=1S/C18H31NO/c1-2-3-4-5-6-7-8-12-15-19-18(16-20)17-13-10-9-11-14-17/h9-11,13-14,18-20H,2-8,12,15-16H2,1H3. The highest BCUT2D eigenvalue weighted by Crippen LogP contribution is 2.12. The van der Waals surface area contributed by atoms with Gasteiger partial charge >= 0.3 is 0 Å². The van der Waals surface area contributed by atoms with E-state index in [1.807, 2.05) is 18.2 Å². The van der Waals surface area contributed by atoms with Crippen molar-refractivity contribution in [3.05, 3.63) is 35.9 Å². The molecule has 0 amide bonds. The third-order valence-electron chi connectivity index (χ3n) is 3.81. The molecule has 0 aliphatic heterocycles. The molecule has 1 atom stereocenters. The molecule has 1 aromatic carbocycles. The second-order valence-corrected chi connectivity index (χ2v) is 5.57. The highest BCUT2D eigenvalue weighted by atomic mass is 16.3. The van der Waals surface area contributed by atoms with Gasteiger partial charge in [0.2, 0.25) is 0 Å². The molecule has 0 heterocycles. The average molecular weight is 277 g/mol. The van der Waals surface area contributed by atoms with E-state index in [4.69, 9.17) is 0 Å². The molecule has 2 heteroatoms. The van der Waals surface area contributed by atoms with Crippen molar-refractivity contribution in [3.8, 4) is 0 Å². The van der Waals surface area contributed by atoms with E-state index in [-0.39, 0.29) is 12.6 Å². The van der Waals surface area contributed by atoms with Gasteiger partial charge in [0.05, 0.1) is 12.6 Å². The van der Waals surface area contributed by atoms with Gasteiger partial charge in [0.25, 0.3) is 0 Å². The first-order valence-electron chi connectivity index (χ1n) is 8.27. The van der Waals surface area contributed by atoms with Crippen LogP contribution in [-0.4, -0.2) is 18.3 Å². The van der Waals surface area contributed by atoms with Crippen molar-refractivity contribution in [2.24, 2.45) is 0 Å². The van der Waals surface area contributed by atoms with Crippen molar-refractivity contribution in [2.75, 3.05) is 13.2 Å². The van der Waals surface area contributed by atoms with Crippen molar-refractivity contribution in [2.45, 2.75) is 64.3 Å². The van der Waals surface area contributed by atoms with Gasteiger partial charge in [0, 0.05) is 0 Å². The lowest BCUT2D eigenvalue weighted by Crippen LogP contribution is -2.25. The molecule has 1 unspecified atom stereocenters. The maximum absolute atomic E-state index is 9.44. The Balaban J connectivity index is 2.02. The molecule has 114 valence electrons. The maximum Gasteiger partial charge on any atom is 0.0626 e. The van der Waals surface area contributed by atoms with Crippen LogP contribution in [0.3, 0.4) is 0 Å². The largest absolute Gasteiger partial charge is 0.394 e. The predicted octanol–water partition coefficient (Wildman–Crippen LogP) is 4.45. The molecule has 0 saturated carbocycles. The Kier molecular flexibility index (Phi) is 10.3. The normalized spacial score (nSPS) is 12.5. The maximum atomic E-state index is 9.44. The minimum atomic E-state index is 0.0840. The van der Waals surface area contributed by atoms with Gasteiger partial charge in [-0.3, -0.25) is 0 Å². The molecule has 1 rings (SSSR count). The summed E-state index contributed by atoms with van der Waals surface area (Å²) >= 11 is 0. The van der Waals surface area contributed by atoms with E-state index >= 15 is 0 Å². The van der Waals surface area contributed by atoms with Gasteiger partial charge in [-0.2, -0.15) is 0 Å². The summed E-state index contributed by atoms with van der Waals surface area (Å²) in [5, 5.41) is 12.9. The van der Waals surface area contributed by atoms with Crippen molar-refractivity contribution >= 4 is 0 Å². The molecule has 0 aliphatic rings. The van der Waals surface area contributed by atoms with Crippen molar-refractivity contribution in [1.29, 1.82) is 0 Å². The highest BCUT2D eigenvalue weighted by molar-refractivity contribution is 5.18. The van der Waals surface area contributed by atoms with Crippen molar-refractivity contribution in [3.63, 3.8) is 0 Å². The van der Waals surface area contributed by atoms with Gasteiger partial charge in [-0.25, -0.2) is 0 Å². The summed E-state index contributed by atoms with van der Waals surface area (Å²) in [6.07, 6.45) is 10.7. The lowest BCUT2D eigenvalue weighted by atomic mass is 10.1. The Labute approximate surface area is 124 Å². The second kappa shape index (κ2) is 11.9. The van der Waals surface area contributed by atoms with Crippen LogP contribution in [0.25, 0.3) is 0 Å². The van der Waals surface area contributed by atoms with Crippen LogP contribution in [0.15, 0.2) is 30.3 Å². The van der Waals surface area contributed by atoms with Crippen LogP contribution in [0.1, 0.15) is 69.9 Å². The zero-order valence-corrected chi connectivity index (χ0v) is 13.0. The minimum Gasteiger partial charge on any atom is -0.394 e. The first-order valence-corrected chi connectivity index (χ1v) is 8.27. The van der Waals surface area contributed by atoms with Gasteiger partial charge in [0.1, 0.15) is 0 Å². The molecule has 0 spiro atoms. The number of aliphatic hydroxyl groups is 1. The molecule has 2 nitrogen and oxygen atoms in total. The van der Waals surface area contributed by atoms with Crippen LogP contribution in [-0.2, 0) is 0 Å². The summed E-state index contributed by atoms with van der Waals surface area (Å²) in [6.45, 7) is 3.42. The van der Waals surface area contributed by atoms with E-state index in [2.05, 4.69) is 24.4 Å². The zero-order chi connectivity index (χ0) is 14.5. The van der Waals surface area contributed by atoms with Crippen molar-refractivity contribution < 1.29 is 5.11 Å². The second-order valence-electron chi connectivity index (χ2n) is 5.57. The summed E-state index contributed by atoms with van der Waals surface area (Å²) in [5.41, 5.74) is 1.18. The Morgan fingerprint density at radius 1 is 0.900 bits per heavy atom. The van der Waals surface area contributed by atoms with Gasteiger partial charge in [-0.05, 0) is 18.5 Å². The van der Waals surface area contributed by atoms with Gasteiger partial charge in [0.15, 0.2) is 0 Å². The number of hydrogen-bond donors (Lipinski definition) is 2. The van der Waals surface area contributed by atoms with E-state index in [9.17, 15) is 5.11 Å². The Morgan fingerprint density at radius 3 is 2.10 bits per heavy atom. The molecule has 20 heavy (non-hydrogen) atoms. The molecule has 0 radical (unpaired) electrons. The predicted molar refractivity (Wildman–Crippen MR) is 86.9 cm³/mol. The van der Waals surface area contributed by atoms with Crippen LogP contribution in [0, 0.1) is 0 Å². The molecule has 0 aromatic heterocycles. The third-order valence-corrected chi connectivity index (χ3v) is 3.81. The van der Waals surface area contributed by atoms with E-state index < -0.39 is 0 Å². The number of hydrogen-bond acceptors (Lipinski definition) is 2. The summed E-state index contributed by atoms with van der Waals surface area (Å²) in [5.74, 6) is 0. The molecule has 0 aliphatic carbocycles. The number of nitrogens with one attached hydrogen (secondary N) is 1.